The monoisotopic (exact) mass is 423 g/mol. The summed E-state index contributed by atoms with van der Waals surface area (Å²) in [6, 6.07) is 13.3. The quantitative estimate of drug-likeness (QED) is 0.602. The van der Waals surface area contributed by atoms with Crippen LogP contribution >= 0.6 is 0 Å². The molecule has 0 spiro atoms. The molecule has 0 unspecified atom stereocenters. The molecule has 0 bridgehead atoms. The second-order valence-electron chi connectivity index (χ2n) is 7.32. The van der Waals surface area contributed by atoms with Crippen LogP contribution in [0, 0.1) is 0 Å². The van der Waals surface area contributed by atoms with Crippen molar-refractivity contribution in [3.05, 3.63) is 59.7 Å². The second kappa shape index (κ2) is 9.88. The van der Waals surface area contributed by atoms with Crippen molar-refractivity contribution in [1.29, 1.82) is 0 Å². The van der Waals surface area contributed by atoms with Crippen LogP contribution in [0.15, 0.2) is 48.5 Å². The lowest BCUT2D eigenvalue weighted by atomic mass is 10.1. The Labute approximate surface area is 180 Å². The van der Waals surface area contributed by atoms with Crippen LogP contribution in [0.25, 0.3) is 0 Å². The van der Waals surface area contributed by atoms with Crippen molar-refractivity contribution in [1.82, 2.24) is 9.80 Å². The molecule has 0 radical (unpaired) electrons. The summed E-state index contributed by atoms with van der Waals surface area (Å²) in [5.74, 6) is -0.638. The highest BCUT2D eigenvalue weighted by Gasteiger charge is 2.24. The number of nitrogens with one attached hydrogen (secondary N) is 1. The number of hydrogen-bond acceptors (Lipinski definition) is 5. The second-order valence-corrected chi connectivity index (χ2v) is 7.32. The van der Waals surface area contributed by atoms with Crippen molar-refractivity contribution < 1.29 is 23.9 Å². The van der Waals surface area contributed by atoms with Crippen molar-refractivity contribution in [3.63, 3.8) is 0 Å². The fourth-order valence-corrected chi connectivity index (χ4v) is 3.48. The van der Waals surface area contributed by atoms with E-state index in [0.717, 1.165) is 0 Å². The number of amides is 3. The van der Waals surface area contributed by atoms with Crippen LogP contribution in [-0.4, -0.2) is 59.7 Å². The van der Waals surface area contributed by atoms with Crippen LogP contribution in [-0.2, 0) is 9.59 Å². The van der Waals surface area contributed by atoms with E-state index in [1.807, 2.05) is 0 Å². The normalized spacial score (nSPS) is 13.9. The highest BCUT2D eigenvalue weighted by atomic mass is 16.5. The SMILES string of the molecule is CC(=O)Nc1cccc(C(=O)N2CCCN(C(=O)c3cccc(OC(C)=O)c3)CC2)c1. The summed E-state index contributed by atoms with van der Waals surface area (Å²) in [4.78, 5) is 51.7. The predicted octanol–water partition coefficient (Wildman–Crippen LogP) is 2.56. The Kier molecular flexibility index (Phi) is 7.02. The number of carbonyl (C=O) groups excluding carboxylic acids is 4. The van der Waals surface area contributed by atoms with Gasteiger partial charge in [-0.2, -0.15) is 0 Å². The maximum absolute atomic E-state index is 12.9. The molecule has 1 aliphatic heterocycles. The standard InChI is InChI=1S/C23H25N3O5/c1-16(27)24-20-8-3-6-18(14-20)22(29)25-10-5-11-26(13-12-25)23(30)19-7-4-9-21(15-19)31-17(2)28/h3-4,6-9,14-15H,5,10-13H2,1-2H3,(H,24,27). The van der Waals surface area contributed by atoms with E-state index in [0.29, 0.717) is 55.2 Å². The van der Waals surface area contributed by atoms with Gasteiger partial charge in [-0.1, -0.05) is 12.1 Å². The third-order valence-electron chi connectivity index (χ3n) is 4.84. The molecule has 1 heterocycles. The van der Waals surface area contributed by atoms with Gasteiger partial charge in [0.2, 0.25) is 5.91 Å². The lowest BCUT2D eigenvalue weighted by molar-refractivity contribution is -0.131. The van der Waals surface area contributed by atoms with Crippen LogP contribution in [0.5, 0.6) is 5.75 Å². The first-order valence-electron chi connectivity index (χ1n) is 10.1. The molecule has 1 aliphatic rings. The van der Waals surface area contributed by atoms with Crippen molar-refractivity contribution in [2.24, 2.45) is 0 Å². The highest BCUT2D eigenvalue weighted by Crippen LogP contribution is 2.18. The van der Waals surface area contributed by atoms with Gasteiger partial charge in [-0.3, -0.25) is 19.2 Å². The number of esters is 1. The molecule has 2 aromatic carbocycles. The van der Waals surface area contributed by atoms with E-state index in [-0.39, 0.29) is 17.7 Å². The zero-order valence-corrected chi connectivity index (χ0v) is 17.6. The molecule has 0 atom stereocenters. The number of rotatable bonds is 4. The predicted molar refractivity (Wildman–Crippen MR) is 115 cm³/mol. The van der Waals surface area contributed by atoms with Gasteiger partial charge in [0.1, 0.15) is 5.75 Å². The van der Waals surface area contributed by atoms with Crippen LogP contribution < -0.4 is 10.1 Å². The fourth-order valence-electron chi connectivity index (χ4n) is 3.48. The average molecular weight is 423 g/mol. The number of nitrogens with zero attached hydrogens (tertiary/aromatic N) is 2. The van der Waals surface area contributed by atoms with E-state index in [1.54, 1.807) is 58.3 Å². The molecule has 8 nitrogen and oxygen atoms in total. The molecule has 1 fully saturated rings. The summed E-state index contributed by atoms with van der Waals surface area (Å²) >= 11 is 0. The molecule has 31 heavy (non-hydrogen) atoms. The first-order valence-corrected chi connectivity index (χ1v) is 10.1. The number of carbonyl (C=O) groups is 4. The van der Waals surface area contributed by atoms with Crippen LogP contribution in [0.4, 0.5) is 5.69 Å². The van der Waals surface area contributed by atoms with Gasteiger partial charge in [-0.15, -0.1) is 0 Å². The smallest absolute Gasteiger partial charge is 0.308 e. The van der Waals surface area contributed by atoms with E-state index < -0.39 is 5.97 Å². The molecule has 8 heteroatoms. The van der Waals surface area contributed by atoms with Crippen molar-refractivity contribution in [2.45, 2.75) is 20.3 Å². The maximum Gasteiger partial charge on any atom is 0.308 e. The zero-order chi connectivity index (χ0) is 22.4. The van der Waals surface area contributed by atoms with Gasteiger partial charge >= 0.3 is 5.97 Å². The molecule has 1 N–H and O–H groups in total. The number of ether oxygens (including phenoxy) is 1. The van der Waals surface area contributed by atoms with Crippen molar-refractivity contribution in [2.75, 3.05) is 31.5 Å². The van der Waals surface area contributed by atoms with E-state index in [1.165, 1.54) is 13.8 Å². The van der Waals surface area contributed by atoms with Gasteiger partial charge in [0.15, 0.2) is 0 Å². The Morgan fingerprint density at radius 2 is 1.39 bits per heavy atom. The first-order chi connectivity index (χ1) is 14.8. The Morgan fingerprint density at radius 3 is 1.97 bits per heavy atom. The number of benzene rings is 2. The largest absolute Gasteiger partial charge is 0.427 e. The molecule has 3 amide bonds. The molecule has 1 saturated heterocycles. The van der Waals surface area contributed by atoms with E-state index >= 15 is 0 Å². The zero-order valence-electron chi connectivity index (χ0n) is 17.6. The number of hydrogen-bond donors (Lipinski definition) is 1. The van der Waals surface area contributed by atoms with Gasteiger partial charge < -0.3 is 19.9 Å². The topological polar surface area (TPSA) is 96.0 Å². The maximum atomic E-state index is 12.9. The van der Waals surface area contributed by atoms with E-state index in [9.17, 15) is 19.2 Å². The summed E-state index contributed by atoms with van der Waals surface area (Å²) in [6.45, 7) is 4.57. The van der Waals surface area contributed by atoms with Gasteiger partial charge in [0.05, 0.1) is 0 Å². The van der Waals surface area contributed by atoms with Crippen LogP contribution in [0.1, 0.15) is 41.0 Å². The van der Waals surface area contributed by atoms with E-state index in [2.05, 4.69) is 5.32 Å². The molecule has 162 valence electrons. The Morgan fingerprint density at radius 1 is 0.806 bits per heavy atom. The first kappa shape index (κ1) is 22.0. The minimum atomic E-state index is -0.448. The van der Waals surface area contributed by atoms with Gasteiger partial charge in [0, 0.05) is 56.8 Å². The van der Waals surface area contributed by atoms with Gasteiger partial charge in [-0.25, -0.2) is 0 Å². The molecule has 3 rings (SSSR count). The summed E-state index contributed by atoms with van der Waals surface area (Å²) in [5, 5.41) is 2.68. The minimum absolute atomic E-state index is 0.140. The van der Waals surface area contributed by atoms with Crippen molar-refractivity contribution in [3.8, 4) is 5.75 Å². The lowest BCUT2D eigenvalue weighted by Crippen LogP contribution is -2.37. The third-order valence-corrected chi connectivity index (χ3v) is 4.84. The average Bonchev–Trinajstić information content (AvgIpc) is 2.98. The highest BCUT2D eigenvalue weighted by molar-refractivity contribution is 5.97. The molecular weight excluding hydrogens is 398 g/mol. The van der Waals surface area contributed by atoms with Crippen LogP contribution in [0.2, 0.25) is 0 Å². The molecule has 0 saturated carbocycles. The van der Waals surface area contributed by atoms with Gasteiger partial charge in [-0.05, 0) is 42.8 Å². The molecule has 0 aliphatic carbocycles. The van der Waals surface area contributed by atoms with Crippen LogP contribution in [0.3, 0.4) is 0 Å². The van der Waals surface area contributed by atoms with Crippen molar-refractivity contribution >= 4 is 29.4 Å². The lowest BCUT2D eigenvalue weighted by Gasteiger charge is -2.22. The van der Waals surface area contributed by atoms with E-state index in [4.69, 9.17) is 4.74 Å². The summed E-state index contributed by atoms with van der Waals surface area (Å²) in [7, 11) is 0. The molecule has 0 aromatic heterocycles. The minimum Gasteiger partial charge on any atom is -0.427 e. The Bertz CT molecular complexity index is 925. The Hall–Kier alpha value is -3.68. The molecular formula is C23H25N3O5. The fraction of sp³-hybridized carbons (Fsp3) is 0.304. The summed E-state index contributed by atoms with van der Waals surface area (Å²) < 4.78 is 5.06. The summed E-state index contributed by atoms with van der Waals surface area (Å²) in [6.07, 6.45) is 0.645. The molecule has 2 aromatic rings. The van der Waals surface area contributed by atoms with Gasteiger partial charge in [0.25, 0.3) is 11.8 Å². The summed E-state index contributed by atoms with van der Waals surface area (Å²) in [5.41, 5.74) is 1.49. The Balaban J connectivity index is 1.66. The third kappa shape index (κ3) is 5.91. The number of anilines is 1.